The van der Waals surface area contributed by atoms with Crippen LogP contribution in [0, 0.1) is 0 Å². The van der Waals surface area contributed by atoms with Gasteiger partial charge in [-0.1, -0.05) is 25.3 Å². The molecule has 7 heteroatoms. The van der Waals surface area contributed by atoms with Gasteiger partial charge in [0, 0.05) is 17.7 Å². The van der Waals surface area contributed by atoms with Gasteiger partial charge in [-0.05, 0) is 11.5 Å². The molecule has 0 unspecified atom stereocenters. The Labute approximate surface area is 108 Å². The molecule has 0 aliphatic heterocycles. The largest absolute Gasteiger partial charge is 0.420 e. The molecule has 0 atom stereocenters. The summed E-state index contributed by atoms with van der Waals surface area (Å²) in [6.45, 7) is 6.22. The zero-order valence-corrected chi connectivity index (χ0v) is 11.5. The molecule has 17 heavy (non-hydrogen) atoms. The fraction of sp³-hybridized carbons (Fsp3) is 0.600. The van der Waals surface area contributed by atoms with Gasteiger partial charge in [0.1, 0.15) is 4.88 Å². The number of rotatable bonds is 3. The Morgan fingerprint density at radius 3 is 2.65 bits per heavy atom. The van der Waals surface area contributed by atoms with E-state index in [1.807, 2.05) is 0 Å². The van der Waals surface area contributed by atoms with Crippen molar-refractivity contribution in [3.63, 3.8) is 0 Å². The first-order valence-corrected chi connectivity index (χ1v) is 6.54. The van der Waals surface area contributed by atoms with Crippen LogP contribution in [0.2, 0.25) is 0 Å². The zero-order valence-electron chi connectivity index (χ0n) is 9.90. The number of alkyl halides is 1. The molecule has 2 heterocycles. The molecule has 5 nitrogen and oxygen atoms in total. The Morgan fingerprint density at radius 1 is 1.24 bits per heavy atom. The molecule has 0 aliphatic carbocycles. The smallest absolute Gasteiger partial charge is 0.261 e. The summed E-state index contributed by atoms with van der Waals surface area (Å²) in [6.07, 6.45) is 0.575. The van der Waals surface area contributed by atoms with Crippen molar-refractivity contribution in [2.45, 2.75) is 32.6 Å². The SMILES string of the molecule is CC(C)(C)c1nnsc1-c1nnc(CCCl)o1. The molecule has 0 bridgehead atoms. The Bertz CT molecular complexity index is 502. The predicted octanol–water partition coefficient (Wildman–Crippen LogP) is 2.67. The highest BCUT2D eigenvalue weighted by molar-refractivity contribution is 7.09. The van der Waals surface area contributed by atoms with Crippen molar-refractivity contribution in [3.8, 4) is 10.8 Å². The standard InChI is InChI=1S/C10H13ClN4OS/c1-10(2,3)8-7(17-15-13-8)9-14-12-6(16-9)4-5-11/h4-5H2,1-3H3. The van der Waals surface area contributed by atoms with Crippen molar-refractivity contribution in [3.05, 3.63) is 11.6 Å². The Hall–Kier alpha value is -1.01. The van der Waals surface area contributed by atoms with Gasteiger partial charge in [-0.2, -0.15) is 0 Å². The van der Waals surface area contributed by atoms with E-state index in [2.05, 4.69) is 40.6 Å². The molecule has 92 valence electrons. The van der Waals surface area contributed by atoms with Gasteiger partial charge in [0.2, 0.25) is 5.89 Å². The molecule has 0 saturated heterocycles. The van der Waals surface area contributed by atoms with E-state index >= 15 is 0 Å². The van der Waals surface area contributed by atoms with E-state index < -0.39 is 0 Å². The van der Waals surface area contributed by atoms with Gasteiger partial charge < -0.3 is 4.42 Å². The Kier molecular flexibility index (Phi) is 3.44. The molecule has 0 aliphatic rings. The maximum absolute atomic E-state index is 5.62. The average molecular weight is 273 g/mol. The summed E-state index contributed by atoms with van der Waals surface area (Å²) in [5.74, 6) is 1.49. The lowest BCUT2D eigenvalue weighted by atomic mass is 9.91. The third-order valence-electron chi connectivity index (χ3n) is 2.17. The maximum atomic E-state index is 5.62. The summed E-state index contributed by atoms with van der Waals surface area (Å²) in [5.41, 5.74) is 0.785. The third kappa shape index (κ3) is 2.63. The van der Waals surface area contributed by atoms with E-state index in [1.165, 1.54) is 11.5 Å². The number of nitrogens with zero attached hydrogens (tertiary/aromatic N) is 4. The van der Waals surface area contributed by atoms with E-state index in [-0.39, 0.29) is 5.41 Å². The van der Waals surface area contributed by atoms with Crippen LogP contribution in [0.3, 0.4) is 0 Å². The second-order valence-corrected chi connectivity index (χ2v) is 5.77. The summed E-state index contributed by atoms with van der Waals surface area (Å²) < 4.78 is 9.49. The molecule has 0 fully saturated rings. The highest BCUT2D eigenvalue weighted by atomic mass is 35.5. The number of hydrogen-bond acceptors (Lipinski definition) is 6. The molecule has 0 N–H and O–H groups in total. The Balaban J connectivity index is 2.36. The molecule has 0 radical (unpaired) electrons. The number of halogens is 1. The molecular weight excluding hydrogens is 260 g/mol. The molecule has 2 aromatic rings. The van der Waals surface area contributed by atoms with Crippen molar-refractivity contribution in [2.75, 3.05) is 5.88 Å². The molecule has 0 saturated carbocycles. The fourth-order valence-corrected chi connectivity index (χ4v) is 2.31. The minimum Gasteiger partial charge on any atom is -0.420 e. The van der Waals surface area contributed by atoms with Crippen LogP contribution < -0.4 is 0 Å². The van der Waals surface area contributed by atoms with E-state index in [0.29, 0.717) is 24.1 Å². The summed E-state index contributed by atoms with van der Waals surface area (Å²) >= 11 is 6.89. The lowest BCUT2D eigenvalue weighted by Crippen LogP contribution is -2.13. The molecule has 0 amide bonds. The topological polar surface area (TPSA) is 64.7 Å². The van der Waals surface area contributed by atoms with E-state index in [9.17, 15) is 0 Å². The van der Waals surface area contributed by atoms with Crippen LogP contribution >= 0.6 is 23.1 Å². The van der Waals surface area contributed by atoms with Crippen LogP contribution in [0.1, 0.15) is 32.4 Å². The third-order valence-corrected chi connectivity index (χ3v) is 3.07. The number of hydrogen-bond donors (Lipinski definition) is 0. The average Bonchev–Trinajstić information content (AvgIpc) is 2.82. The Morgan fingerprint density at radius 2 is 2.00 bits per heavy atom. The summed E-state index contributed by atoms with van der Waals surface area (Å²) in [4.78, 5) is 0.839. The summed E-state index contributed by atoms with van der Waals surface area (Å²) in [6, 6.07) is 0. The van der Waals surface area contributed by atoms with Crippen molar-refractivity contribution in [1.82, 2.24) is 19.8 Å². The van der Waals surface area contributed by atoms with Crippen molar-refractivity contribution in [2.24, 2.45) is 0 Å². The first-order valence-electron chi connectivity index (χ1n) is 5.24. The molecule has 0 spiro atoms. The van der Waals surface area contributed by atoms with Gasteiger partial charge in [-0.3, -0.25) is 0 Å². The molecule has 0 aromatic carbocycles. The number of aromatic nitrogens is 4. The van der Waals surface area contributed by atoms with E-state index in [0.717, 1.165) is 10.6 Å². The minimum atomic E-state index is -0.0938. The second-order valence-electron chi connectivity index (χ2n) is 4.64. The van der Waals surface area contributed by atoms with Crippen LogP contribution in [-0.4, -0.2) is 25.7 Å². The maximum Gasteiger partial charge on any atom is 0.261 e. The monoisotopic (exact) mass is 272 g/mol. The first-order chi connectivity index (χ1) is 8.02. The van der Waals surface area contributed by atoms with E-state index in [4.69, 9.17) is 16.0 Å². The lowest BCUT2D eigenvalue weighted by Gasteiger charge is -2.14. The van der Waals surface area contributed by atoms with Gasteiger partial charge in [-0.25, -0.2) is 0 Å². The summed E-state index contributed by atoms with van der Waals surface area (Å²) in [5, 5.41) is 12.1. The van der Waals surface area contributed by atoms with Gasteiger partial charge in [0.05, 0.1) is 5.69 Å². The lowest BCUT2D eigenvalue weighted by molar-refractivity contribution is 0.509. The highest BCUT2D eigenvalue weighted by Crippen LogP contribution is 2.33. The normalized spacial score (nSPS) is 12.0. The first kappa shape index (κ1) is 12.4. The van der Waals surface area contributed by atoms with Crippen molar-refractivity contribution in [1.29, 1.82) is 0 Å². The molecule has 2 rings (SSSR count). The molecule has 2 aromatic heterocycles. The zero-order chi connectivity index (χ0) is 12.5. The van der Waals surface area contributed by atoms with Gasteiger partial charge in [0.15, 0.2) is 0 Å². The minimum absolute atomic E-state index is 0.0938. The van der Waals surface area contributed by atoms with Crippen LogP contribution in [0.25, 0.3) is 10.8 Å². The quantitative estimate of drug-likeness (QED) is 0.804. The number of aryl methyl sites for hydroxylation is 1. The molecular formula is C10H13ClN4OS. The van der Waals surface area contributed by atoms with E-state index in [1.54, 1.807) is 0 Å². The van der Waals surface area contributed by atoms with Gasteiger partial charge in [-0.15, -0.1) is 26.9 Å². The second kappa shape index (κ2) is 4.70. The van der Waals surface area contributed by atoms with Crippen LogP contribution in [0.5, 0.6) is 0 Å². The highest BCUT2D eigenvalue weighted by Gasteiger charge is 2.26. The van der Waals surface area contributed by atoms with Crippen LogP contribution in [-0.2, 0) is 11.8 Å². The van der Waals surface area contributed by atoms with Crippen LogP contribution in [0.15, 0.2) is 4.42 Å². The van der Waals surface area contributed by atoms with Crippen molar-refractivity contribution < 1.29 is 4.42 Å². The van der Waals surface area contributed by atoms with Crippen LogP contribution in [0.4, 0.5) is 0 Å². The summed E-state index contributed by atoms with van der Waals surface area (Å²) in [7, 11) is 0. The predicted molar refractivity (Wildman–Crippen MR) is 66.3 cm³/mol. The van der Waals surface area contributed by atoms with Gasteiger partial charge >= 0.3 is 0 Å². The fourth-order valence-electron chi connectivity index (χ4n) is 1.35. The van der Waals surface area contributed by atoms with Gasteiger partial charge in [0.25, 0.3) is 5.89 Å². The van der Waals surface area contributed by atoms with Crippen molar-refractivity contribution >= 4 is 23.1 Å².